The molecule has 26 heavy (non-hydrogen) atoms. The summed E-state index contributed by atoms with van der Waals surface area (Å²) in [6, 6.07) is 7.04. The Balaban J connectivity index is 1.99. The van der Waals surface area contributed by atoms with Gasteiger partial charge in [0.2, 0.25) is 5.78 Å². The molecule has 0 radical (unpaired) electrons. The Labute approximate surface area is 153 Å². The highest BCUT2D eigenvalue weighted by atomic mass is 16.5. The molecule has 1 aromatic heterocycles. The zero-order chi connectivity index (χ0) is 19.3. The van der Waals surface area contributed by atoms with Gasteiger partial charge in [-0.1, -0.05) is 0 Å². The van der Waals surface area contributed by atoms with E-state index in [2.05, 4.69) is 0 Å². The Morgan fingerprint density at radius 1 is 1.12 bits per heavy atom. The molecule has 2 aromatic rings. The highest BCUT2D eigenvalue weighted by Crippen LogP contribution is 2.25. The van der Waals surface area contributed by atoms with Crippen LogP contribution in [-0.2, 0) is 16.6 Å². The number of carbonyl (C=O) groups excluding carboxylic acids is 2. The van der Waals surface area contributed by atoms with E-state index in [1.165, 1.54) is 13.2 Å². The molecule has 0 aliphatic rings. The summed E-state index contributed by atoms with van der Waals surface area (Å²) < 4.78 is 17.4. The topological polar surface area (TPSA) is 66.8 Å². The molecule has 0 aliphatic heterocycles. The number of carbonyl (C=O) groups is 2. The number of ether oxygens (including phenoxy) is 3. The van der Waals surface area contributed by atoms with E-state index in [9.17, 15) is 9.59 Å². The lowest BCUT2D eigenvalue weighted by Gasteiger charge is -2.07. The fourth-order valence-corrected chi connectivity index (χ4v) is 2.51. The van der Waals surface area contributed by atoms with Gasteiger partial charge < -0.3 is 18.8 Å². The molecule has 0 spiro atoms. The van der Waals surface area contributed by atoms with Crippen LogP contribution in [0.2, 0.25) is 0 Å². The smallest absolute Gasteiger partial charge is 0.331 e. The van der Waals surface area contributed by atoms with Crippen molar-refractivity contribution in [3.05, 3.63) is 52.9 Å². The maximum Gasteiger partial charge on any atom is 0.331 e. The lowest BCUT2D eigenvalue weighted by molar-refractivity contribution is -0.136. The van der Waals surface area contributed by atoms with Gasteiger partial charge in [0.15, 0.2) is 6.61 Å². The molecule has 0 fully saturated rings. The molecule has 1 aromatic carbocycles. The first-order valence-electron chi connectivity index (χ1n) is 8.10. The van der Waals surface area contributed by atoms with Gasteiger partial charge in [-0.25, -0.2) is 4.79 Å². The molecule has 6 heteroatoms. The van der Waals surface area contributed by atoms with Crippen LogP contribution in [0.25, 0.3) is 6.08 Å². The molecule has 0 saturated carbocycles. The van der Waals surface area contributed by atoms with Gasteiger partial charge in [-0.3, -0.25) is 4.79 Å². The Morgan fingerprint density at radius 2 is 1.85 bits per heavy atom. The molecule has 0 unspecified atom stereocenters. The quantitative estimate of drug-likeness (QED) is 0.433. The van der Waals surface area contributed by atoms with Crippen LogP contribution in [0.3, 0.4) is 0 Å². The Kier molecular flexibility index (Phi) is 6.22. The molecule has 2 rings (SSSR count). The maximum absolute atomic E-state index is 12.2. The molecule has 0 bridgehead atoms. The standard InChI is InChI=1S/C20H23NO5/c1-13-10-17(14(2)21(13)3)18(22)12-26-20(23)9-7-15-6-8-16(24-4)11-19(15)25-5/h6-11H,12H2,1-5H3/b9-7+. The van der Waals surface area contributed by atoms with Gasteiger partial charge in [0.25, 0.3) is 0 Å². The fourth-order valence-electron chi connectivity index (χ4n) is 2.51. The lowest BCUT2D eigenvalue weighted by atomic mass is 10.1. The highest BCUT2D eigenvalue weighted by molar-refractivity contribution is 6.00. The van der Waals surface area contributed by atoms with Crippen LogP contribution in [0.15, 0.2) is 30.3 Å². The van der Waals surface area contributed by atoms with Gasteiger partial charge in [-0.05, 0) is 38.1 Å². The number of ketones is 1. The maximum atomic E-state index is 12.2. The Morgan fingerprint density at radius 3 is 2.42 bits per heavy atom. The van der Waals surface area contributed by atoms with Gasteiger partial charge in [-0.15, -0.1) is 0 Å². The predicted octanol–water partition coefficient (Wildman–Crippen LogP) is 3.10. The number of hydrogen-bond donors (Lipinski definition) is 0. The van der Waals surface area contributed by atoms with Crippen molar-refractivity contribution in [2.75, 3.05) is 20.8 Å². The van der Waals surface area contributed by atoms with E-state index in [-0.39, 0.29) is 12.4 Å². The third kappa shape index (κ3) is 4.33. The van der Waals surface area contributed by atoms with Crippen molar-refractivity contribution >= 4 is 17.8 Å². The first-order chi connectivity index (χ1) is 12.4. The summed E-state index contributed by atoms with van der Waals surface area (Å²) >= 11 is 0. The van der Waals surface area contributed by atoms with E-state index in [1.807, 2.05) is 25.5 Å². The van der Waals surface area contributed by atoms with Crippen molar-refractivity contribution in [2.24, 2.45) is 7.05 Å². The van der Waals surface area contributed by atoms with Crippen LogP contribution in [0.5, 0.6) is 11.5 Å². The first kappa shape index (κ1) is 19.3. The van der Waals surface area contributed by atoms with Gasteiger partial charge in [0, 0.05) is 41.7 Å². The summed E-state index contributed by atoms with van der Waals surface area (Å²) in [6.45, 7) is 3.48. The number of methoxy groups -OCH3 is 2. The average molecular weight is 357 g/mol. The average Bonchev–Trinajstić information content (AvgIpc) is 2.91. The van der Waals surface area contributed by atoms with Gasteiger partial charge >= 0.3 is 5.97 Å². The summed E-state index contributed by atoms with van der Waals surface area (Å²) in [7, 11) is 4.99. The van der Waals surface area contributed by atoms with E-state index >= 15 is 0 Å². The zero-order valence-electron chi connectivity index (χ0n) is 15.7. The highest BCUT2D eigenvalue weighted by Gasteiger charge is 2.15. The number of hydrogen-bond acceptors (Lipinski definition) is 5. The minimum atomic E-state index is -0.596. The van der Waals surface area contributed by atoms with Crippen molar-refractivity contribution < 1.29 is 23.8 Å². The van der Waals surface area contributed by atoms with E-state index in [4.69, 9.17) is 14.2 Å². The minimum Gasteiger partial charge on any atom is -0.497 e. The fraction of sp³-hybridized carbons (Fsp3) is 0.300. The van der Waals surface area contributed by atoms with E-state index in [1.54, 1.807) is 37.5 Å². The normalized spacial score (nSPS) is 10.8. The van der Waals surface area contributed by atoms with Gasteiger partial charge in [0.05, 0.1) is 14.2 Å². The number of Topliss-reactive ketones (excluding diaryl/α,β-unsaturated/α-hetero) is 1. The molecule has 0 aliphatic carbocycles. The Bertz CT molecular complexity index is 848. The molecule has 6 nitrogen and oxygen atoms in total. The largest absolute Gasteiger partial charge is 0.497 e. The van der Waals surface area contributed by atoms with Crippen molar-refractivity contribution in [3.8, 4) is 11.5 Å². The van der Waals surface area contributed by atoms with Crippen molar-refractivity contribution in [3.63, 3.8) is 0 Å². The van der Waals surface area contributed by atoms with Crippen LogP contribution >= 0.6 is 0 Å². The molecule has 138 valence electrons. The third-order valence-corrected chi connectivity index (χ3v) is 4.26. The number of esters is 1. The number of rotatable bonds is 7. The number of nitrogens with zero attached hydrogens (tertiary/aromatic N) is 1. The van der Waals surface area contributed by atoms with Crippen molar-refractivity contribution in [1.82, 2.24) is 4.57 Å². The summed E-state index contributed by atoms with van der Waals surface area (Å²) in [5.41, 5.74) is 3.09. The molecule has 0 saturated heterocycles. The summed E-state index contributed by atoms with van der Waals surface area (Å²) in [6.07, 6.45) is 2.84. The molecule has 1 heterocycles. The monoisotopic (exact) mass is 357 g/mol. The number of aromatic nitrogens is 1. The summed E-state index contributed by atoms with van der Waals surface area (Å²) in [4.78, 5) is 24.1. The molecule has 0 atom stereocenters. The number of benzene rings is 1. The third-order valence-electron chi connectivity index (χ3n) is 4.26. The first-order valence-corrected chi connectivity index (χ1v) is 8.10. The second-order valence-corrected chi connectivity index (χ2v) is 5.82. The van der Waals surface area contributed by atoms with Crippen LogP contribution in [0.4, 0.5) is 0 Å². The van der Waals surface area contributed by atoms with E-state index < -0.39 is 5.97 Å². The lowest BCUT2D eigenvalue weighted by Crippen LogP contribution is -2.13. The van der Waals surface area contributed by atoms with E-state index in [0.29, 0.717) is 22.6 Å². The summed E-state index contributed by atoms with van der Waals surface area (Å²) in [5.74, 6) is 0.400. The van der Waals surface area contributed by atoms with Gasteiger partial charge in [-0.2, -0.15) is 0 Å². The second kappa shape index (κ2) is 8.38. The summed E-state index contributed by atoms with van der Waals surface area (Å²) in [5, 5.41) is 0. The van der Waals surface area contributed by atoms with E-state index in [0.717, 1.165) is 11.4 Å². The zero-order valence-corrected chi connectivity index (χ0v) is 15.7. The molecule has 0 amide bonds. The Hall–Kier alpha value is -3.02. The SMILES string of the molecule is COc1ccc(/C=C/C(=O)OCC(=O)c2cc(C)n(C)c2C)c(OC)c1. The van der Waals surface area contributed by atoms with Crippen molar-refractivity contribution in [1.29, 1.82) is 0 Å². The number of aryl methyl sites for hydroxylation is 1. The predicted molar refractivity (Wildman–Crippen MR) is 98.8 cm³/mol. The van der Waals surface area contributed by atoms with Crippen LogP contribution in [0, 0.1) is 13.8 Å². The minimum absolute atomic E-state index is 0.227. The van der Waals surface area contributed by atoms with Crippen LogP contribution in [0.1, 0.15) is 27.3 Å². The van der Waals surface area contributed by atoms with Crippen LogP contribution in [-0.4, -0.2) is 37.1 Å². The molecule has 0 N–H and O–H groups in total. The molecular formula is C20H23NO5. The second-order valence-electron chi connectivity index (χ2n) is 5.82. The van der Waals surface area contributed by atoms with Crippen LogP contribution < -0.4 is 9.47 Å². The molecular weight excluding hydrogens is 334 g/mol. The van der Waals surface area contributed by atoms with Crippen molar-refractivity contribution in [2.45, 2.75) is 13.8 Å². The van der Waals surface area contributed by atoms with Gasteiger partial charge in [0.1, 0.15) is 11.5 Å².